The van der Waals surface area contributed by atoms with Gasteiger partial charge in [-0.05, 0) is 25.1 Å². The molecule has 128 valence electrons. The van der Waals surface area contributed by atoms with Crippen LogP contribution < -0.4 is 11.2 Å². The Hall–Kier alpha value is -3.99. The predicted octanol–water partition coefficient (Wildman–Crippen LogP) is 2.94. The number of hydrogen-bond donors (Lipinski definition) is 3. The van der Waals surface area contributed by atoms with Gasteiger partial charge in [-0.25, -0.2) is 0 Å². The quantitative estimate of drug-likeness (QED) is 0.369. The van der Waals surface area contributed by atoms with E-state index in [1.54, 1.807) is 24.3 Å². The number of hydrogen-bond acceptors (Lipinski definition) is 7. The van der Waals surface area contributed by atoms with Gasteiger partial charge in [0.05, 0.1) is 5.69 Å². The van der Waals surface area contributed by atoms with Crippen LogP contribution in [0, 0.1) is 23.7 Å². The summed E-state index contributed by atoms with van der Waals surface area (Å²) in [7, 11) is 0. The molecular formula is C18H15N7O. The lowest BCUT2D eigenvalue weighted by Gasteiger charge is -2.02. The third-order valence-corrected chi connectivity index (χ3v) is 3.50. The maximum Gasteiger partial charge on any atom is 0.258 e. The van der Waals surface area contributed by atoms with Crippen molar-refractivity contribution in [3.63, 3.8) is 0 Å². The molecule has 0 radical (unpaired) electrons. The van der Waals surface area contributed by atoms with E-state index in [-0.39, 0.29) is 5.71 Å². The highest BCUT2D eigenvalue weighted by Gasteiger charge is 2.11. The SMILES string of the molecule is Cc1ccc(-c2noc(-c3cccc(N/N=C(\C#N)C(=N)N)c3)n2)cc1. The Kier molecular flexibility index (Phi) is 4.71. The van der Waals surface area contributed by atoms with Crippen molar-refractivity contribution in [3.8, 4) is 28.9 Å². The number of nitrogens with zero attached hydrogens (tertiary/aromatic N) is 4. The van der Waals surface area contributed by atoms with Gasteiger partial charge in [-0.2, -0.15) is 15.3 Å². The summed E-state index contributed by atoms with van der Waals surface area (Å²) in [4.78, 5) is 4.41. The summed E-state index contributed by atoms with van der Waals surface area (Å²) in [5, 5.41) is 23.9. The van der Waals surface area contributed by atoms with Crippen LogP contribution in [0.15, 0.2) is 58.2 Å². The molecule has 1 heterocycles. The first-order valence-electron chi connectivity index (χ1n) is 7.66. The fraction of sp³-hybridized carbons (Fsp3) is 0.0556. The van der Waals surface area contributed by atoms with Crippen LogP contribution >= 0.6 is 0 Å². The summed E-state index contributed by atoms with van der Waals surface area (Å²) in [6.07, 6.45) is 0. The summed E-state index contributed by atoms with van der Waals surface area (Å²) in [6.45, 7) is 2.01. The topological polar surface area (TPSA) is 137 Å². The number of nitrogens with two attached hydrogens (primary N) is 1. The van der Waals surface area contributed by atoms with Crippen molar-refractivity contribution in [1.82, 2.24) is 10.1 Å². The van der Waals surface area contributed by atoms with Gasteiger partial charge >= 0.3 is 0 Å². The molecule has 3 aromatic rings. The maximum atomic E-state index is 8.86. The van der Waals surface area contributed by atoms with E-state index in [2.05, 4.69) is 20.7 Å². The molecule has 0 aliphatic heterocycles. The Labute approximate surface area is 149 Å². The molecule has 26 heavy (non-hydrogen) atoms. The van der Waals surface area contributed by atoms with Crippen LogP contribution in [0.1, 0.15) is 5.56 Å². The van der Waals surface area contributed by atoms with E-state index in [9.17, 15) is 0 Å². The van der Waals surface area contributed by atoms with Crippen LogP contribution in [0.25, 0.3) is 22.8 Å². The van der Waals surface area contributed by atoms with Crippen LogP contribution in [-0.4, -0.2) is 21.7 Å². The Bertz CT molecular complexity index is 1010. The second-order valence-corrected chi connectivity index (χ2v) is 5.47. The third-order valence-electron chi connectivity index (χ3n) is 3.50. The molecule has 8 heteroatoms. The number of benzene rings is 2. The van der Waals surface area contributed by atoms with Gasteiger partial charge in [-0.1, -0.05) is 41.1 Å². The minimum Gasteiger partial charge on any atom is -0.382 e. The van der Waals surface area contributed by atoms with Crippen molar-refractivity contribution in [2.24, 2.45) is 10.8 Å². The normalized spacial score (nSPS) is 11.0. The minimum absolute atomic E-state index is 0.199. The van der Waals surface area contributed by atoms with Gasteiger partial charge in [0.15, 0.2) is 5.84 Å². The van der Waals surface area contributed by atoms with Gasteiger partial charge in [0.25, 0.3) is 5.89 Å². The first kappa shape index (κ1) is 16.9. The molecule has 0 saturated heterocycles. The van der Waals surface area contributed by atoms with Gasteiger partial charge < -0.3 is 10.3 Å². The van der Waals surface area contributed by atoms with Crippen LogP contribution in [0.2, 0.25) is 0 Å². The number of aryl methyl sites for hydroxylation is 1. The summed E-state index contributed by atoms with van der Waals surface area (Å²) in [5.41, 5.74) is 11.0. The molecule has 0 unspecified atom stereocenters. The third kappa shape index (κ3) is 3.73. The lowest BCUT2D eigenvalue weighted by molar-refractivity contribution is 0.432. The van der Waals surface area contributed by atoms with Crippen molar-refractivity contribution in [1.29, 1.82) is 10.7 Å². The molecule has 3 rings (SSSR count). The molecular weight excluding hydrogens is 330 g/mol. The Morgan fingerprint density at radius 3 is 2.69 bits per heavy atom. The van der Waals surface area contributed by atoms with Crippen LogP contribution in [0.4, 0.5) is 5.69 Å². The molecule has 0 amide bonds. The summed E-state index contributed by atoms with van der Waals surface area (Å²) in [6, 6.07) is 16.7. The fourth-order valence-corrected chi connectivity index (χ4v) is 2.15. The monoisotopic (exact) mass is 345 g/mol. The number of anilines is 1. The van der Waals surface area contributed by atoms with Crippen LogP contribution in [-0.2, 0) is 0 Å². The summed E-state index contributed by atoms with van der Waals surface area (Å²) < 4.78 is 5.34. The van der Waals surface area contributed by atoms with E-state index >= 15 is 0 Å². The van der Waals surface area contributed by atoms with Crippen LogP contribution in [0.5, 0.6) is 0 Å². The average Bonchev–Trinajstić information content (AvgIpc) is 3.13. The molecule has 0 atom stereocenters. The largest absolute Gasteiger partial charge is 0.382 e. The average molecular weight is 345 g/mol. The maximum absolute atomic E-state index is 8.86. The zero-order valence-corrected chi connectivity index (χ0v) is 13.9. The number of amidine groups is 1. The lowest BCUT2D eigenvalue weighted by Crippen LogP contribution is -2.21. The van der Waals surface area contributed by atoms with Crippen molar-refractivity contribution < 1.29 is 4.52 Å². The number of hydrazone groups is 1. The molecule has 4 N–H and O–H groups in total. The van der Waals surface area contributed by atoms with E-state index in [1.807, 2.05) is 37.3 Å². The molecule has 1 aromatic heterocycles. The van der Waals surface area contributed by atoms with E-state index in [0.717, 1.165) is 11.1 Å². The lowest BCUT2D eigenvalue weighted by atomic mass is 10.1. The standard InChI is InChI=1S/C18H15N7O/c1-11-5-7-12(8-6-11)17-22-18(26-25-17)13-3-2-4-14(9-13)23-24-15(10-19)16(20)21/h2-9,23H,1H3,(H3,20,21)/b24-15+. The molecule has 8 nitrogen and oxygen atoms in total. The highest BCUT2D eigenvalue weighted by molar-refractivity contribution is 6.45. The molecule has 0 aliphatic rings. The molecule has 0 fully saturated rings. The summed E-state index contributed by atoms with van der Waals surface area (Å²) in [5.74, 6) is 0.454. The van der Waals surface area contributed by atoms with Crippen molar-refractivity contribution in [3.05, 3.63) is 54.1 Å². The molecule has 0 aliphatic carbocycles. The Morgan fingerprint density at radius 2 is 2.00 bits per heavy atom. The van der Waals surface area contributed by atoms with Crippen molar-refractivity contribution >= 4 is 17.2 Å². The molecule has 0 spiro atoms. The highest BCUT2D eigenvalue weighted by Crippen LogP contribution is 2.24. The summed E-state index contributed by atoms with van der Waals surface area (Å²) >= 11 is 0. The van der Waals surface area contributed by atoms with E-state index in [4.69, 9.17) is 20.9 Å². The van der Waals surface area contributed by atoms with E-state index < -0.39 is 5.84 Å². The van der Waals surface area contributed by atoms with E-state index in [1.165, 1.54) is 0 Å². The second-order valence-electron chi connectivity index (χ2n) is 5.47. The first-order chi connectivity index (χ1) is 12.6. The highest BCUT2D eigenvalue weighted by atomic mass is 16.5. The van der Waals surface area contributed by atoms with Gasteiger partial charge in [0.1, 0.15) is 6.07 Å². The first-order valence-corrected chi connectivity index (χ1v) is 7.66. The number of nitriles is 1. The second kappa shape index (κ2) is 7.27. The Morgan fingerprint density at radius 1 is 1.23 bits per heavy atom. The molecule has 0 bridgehead atoms. The minimum atomic E-state index is -0.407. The molecule has 0 saturated carbocycles. The van der Waals surface area contributed by atoms with E-state index in [0.29, 0.717) is 23.0 Å². The van der Waals surface area contributed by atoms with Crippen LogP contribution in [0.3, 0.4) is 0 Å². The molecule has 2 aromatic carbocycles. The smallest absolute Gasteiger partial charge is 0.258 e. The predicted molar refractivity (Wildman–Crippen MR) is 98.5 cm³/mol. The number of aromatic nitrogens is 2. The Balaban J connectivity index is 1.84. The zero-order valence-electron chi connectivity index (χ0n) is 13.9. The van der Waals surface area contributed by atoms with Gasteiger partial charge in [0, 0.05) is 11.1 Å². The zero-order chi connectivity index (χ0) is 18.5. The van der Waals surface area contributed by atoms with Gasteiger partial charge in [-0.3, -0.25) is 10.8 Å². The van der Waals surface area contributed by atoms with Crippen molar-refractivity contribution in [2.75, 3.05) is 5.43 Å². The van der Waals surface area contributed by atoms with Gasteiger partial charge in [-0.15, -0.1) is 0 Å². The number of rotatable bonds is 5. The number of nitrogens with one attached hydrogen (secondary N) is 2. The fourth-order valence-electron chi connectivity index (χ4n) is 2.15. The van der Waals surface area contributed by atoms with Gasteiger partial charge in [0.2, 0.25) is 11.5 Å². The van der Waals surface area contributed by atoms with Crippen molar-refractivity contribution in [2.45, 2.75) is 6.92 Å².